The summed E-state index contributed by atoms with van der Waals surface area (Å²) < 4.78 is 1.84. The molecule has 23 nitrogen and oxygen atoms in total. The summed E-state index contributed by atoms with van der Waals surface area (Å²) in [6.45, 7) is 3.68. The van der Waals surface area contributed by atoms with E-state index in [1.54, 1.807) is 51.5 Å². The van der Waals surface area contributed by atoms with Gasteiger partial charge in [0.05, 0.1) is 31.3 Å². The minimum atomic E-state index is -1.34. The fourth-order valence-electron chi connectivity index (χ4n) is 6.98. The van der Waals surface area contributed by atoms with Crippen molar-refractivity contribution in [1.82, 2.24) is 55.3 Å². The lowest BCUT2D eigenvalue weighted by Crippen LogP contribution is -2.48. The zero-order chi connectivity index (χ0) is 45.6. The summed E-state index contributed by atoms with van der Waals surface area (Å²) in [5.41, 5.74) is 1.16. The van der Waals surface area contributed by atoms with Crippen LogP contribution in [0.3, 0.4) is 0 Å². The van der Waals surface area contributed by atoms with Crippen LogP contribution < -0.4 is 21.3 Å². The summed E-state index contributed by atoms with van der Waals surface area (Å²) in [6.07, 6.45) is 7.63. The Kier molecular flexibility index (Phi) is 20.7. The molecule has 0 radical (unpaired) electrons. The summed E-state index contributed by atoms with van der Waals surface area (Å²) in [6, 6.07) is 3.75. The molecule has 4 rings (SSSR count). The number of aromatic nitrogens is 4. The highest BCUT2D eigenvalue weighted by atomic mass is 16.4. The van der Waals surface area contributed by atoms with Crippen LogP contribution in [-0.2, 0) is 35.3 Å². The normalized spacial score (nSPS) is 15.4. The van der Waals surface area contributed by atoms with Gasteiger partial charge in [-0.25, -0.2) is 9.78 Å². The lowest BCUT2D eigenvalue weighted by molar-refractivity contribution is -0.141. The van der Waals surface area contributed by atoms with E-state index in [9.17, 15) is 54.0 Å². The number of aliphatic carboxylic acids is 4. The number of benzene rings is 1. The zero-order valence-corrected chi connectivity index (χ0v) is 35.4. The molecule has 1 aliphatic rings. The average Bonchev–Trinajstić information content (AvgIpc) is 3.91. The third kappa shape index (κ3) is 18.8. The number of carboxylic acids is 4. The lowest BCUT2D eigenvalue weighted by atomic mass is 10.1. The second kappa shape index (κ2) is 26.3. The van der Waals surface area contributed by atoms with Crippen molar-refractivity contribution < 1.29 is 54.0 Å². The summed E-state index contributed by atoms with van der Waals surface area (Å²) in [7, 11) is 0. The molecule has 3 heterocycles. The number of carbonyl (C=O) groups excluding carboxylic acids is 3. The first-order valence-corrected chi connectivity index (χ1v) is 21.1. The molecule has 0 unspecified atom stereocenters. The van der Waals surface area contributed by atoms with E-state index in [1.165, 1.54) is 0 Å². The van der Waals surface area contributed by atoms with Gasteiger partial charge in [-0.1, -0.05) is 6.42 Å². The van der Waals surface area contributed by atoms with Gasteiger partial charge in [0, 0.05) is 121 Å². The van der Waals surface area contributed by atoms with Crippen molar-refractivity contribution in [2.45, 2.75) is 51.1 Å². The Bertz CT molecular complexity index is 1930. The van der Waals surface area contributed by atoms with Crippen LogP contribution in [0.1, 0.15) is 48.9 Å². The summed E-state index contributed by atoms with van der Waals surface area (Å²) in [5, 5.41) is 54.2. The molecule has 63 heavy (non-hydrogen) atoms. The number of amides is 3. The van der Waals surface area contributed by atoms with E-state index in [0.717, 1.165) is 17.3 Å². The largest absolute Gasteiger partial charge is 0.480 e. The first-order chi connectivity index (χ1) is 30.2. The molecule has 0 bridgehead atoms. The topological polar surface area (TPSA) is 308 Å². The predicted octanol–water partition coefficient (Wildman–Crippen LogP) is -0.897. The number of rotatable bonds is 25. The van der Waals surface area contributed by atoms with Crippen LogP contribution in [0.4, 0.5) is 5.95 Å². The van der Waals surface area contributed by atoms with Crippen LogP contribution in [-0.4, -0.2) is 206 Å². The molecule has 2 aromatic heterocycles. The predicted molar refractivity (Wildman–Crippen MR) is 228 cm³/mol. The van der Waals surface area contributed by atoms with Gasteiger partial charge < -0.3 is 51.6 Å². The van der Waals surface area contributed by atoms with Crippen molar-refractivity contribution in [2.24, 2.45) is 0 Å². The molecule has 1 saturated heterocycles. The van der Waals surface area contributed by atoms with Gasteiger partial charge in [0.1, 0.15) is 6.04 Å². The Morgan fingerprint density at radius 3 is 1.87 bits per heavy atom. The number of imidazole rings is 1. The number of hydrogen-bond acceptors (Lipinski definition) is 14. The van der Waals surface area contributed by atoms with Gasteiger partial charge in [-0.3, -0.25) is 48.1 Å². The highest BCUT2D eigenvalue weighted by Crippen LogP contribution is 2.17. The van der Waals surface area contributed by atoms with Crippen LogP contribution >= 0.6 is 0 Å². The molecular weight excluding hydrogens is 825 g/mol. The van der Waals surface area contributed by atoms with Crippen LogP contribution in [0, 0.1) is 0 Å². The van der Waals surface area contributed by atoms with Crippen molar-refractivity contribution in [2.75, 3.05) is 103 Å². The van der Waals surface area contributed by atoms with Gasteiger partial charge in [0.2, 0.25) is 11.8 Å². The molecule has 9 N–H and O–H groups in total. The lowest BCUT2D eigenvalue weighted by Gasteiger charge is -2.33. The Morgan fingerprint density at radius 1 is 0.683 bits per heavy atom. The number of nitrogens with zero attached hydrogens (tertiary/aromatic N) is 7. The molecule has 0 saturated carbocycles. The monoisotopic (exact) mass is 884 g/mol. The van der Waals surface area contributed by atoms with Gasteiger partial charge in [0.25, 0.3) is 5.91 Å². The highest BCUT2D eigenvalue weighted by Gasteiger charge is 2.23. The molecule has 346 valence electrons. The van der Waals surface area contributed by atoms with Crippen molar-refractivity contribution in [3.05, 3.63) is 42.4 Å². The number of H-pyrrole nitrogens is 1. The van der Waals surface area contributed by atoms with E-state index in [2.05, 4.69) is 36.3 Å². The minimum Gasteiger partial charge on any atom is -0.480 e. The Morgan fingerprint density at radius 2 is 1.30 bits per heavy atom. The SMILES string of the molecule is O=C(O)CN1CCN(CCC(=O)NCCCCCC(=O)N[C@@H](CNC(=O)c2ccc3c(cnn3CCCNc3ncc[nH]3)c2)C(=O)O)CCN(CC(=O)O)CCN(CC(=O)O)CC1. The second-order valence-corrected chi connectivity index (χ2v) is 15.3. The Balaban J connectivity index is 1.13. The number of aryl methyl sites for hydroxylation is 1. The third-order valence-corrected chi connectivity index (χ3v) is 10.4. The van der Waals surface area contributed by atoms with Crippen LogP contribution in [0.5, 0.6) is 0 Å². The number of anilines is 1. The van der Waals surface area contributed by atoms with Gasteiger partial charge >= 0.3 is 23.9 Å². The molecule has 23 heteroatoms. The van der Waals surface area contributed by atoms with E-state index < -0.39 is 41.7 Å². The van der Waals surface area contributed by atoms with Gasteiger partial charge in [-0.05, 0) is 37.5 Å². The smallest absolute Gasteiger partial charge is 0.328 e. The fraction of sp³-hybridized carbons (Fsp3) is 0.575. The zero-order valence-electron chi connectivity index (χ0n) is 35.4. The number of unbranched alkanes of at least 4 members (excludes halogenated alkanes) is 2. The second-order valence-electron chi connectivity index (χ2n) is 15.3. The Hall–Kier alpha value is -6.17. The van der Waals surface area contributed by atoms with Crippen LogP contribution in [0.2, 0.25) is 0 Å². The molecule has 1 aromatic carbocycles. The fourth-order valence-corrected chi connectivity index (χ4v) is 6.98. The molecule has 1 aliphatic heterocycles. The van der Waals surface area contributed by atoms with E-state index in [1.807, 2.05) is 9.58 Å². The third-order valence-electron chi connectivity index (χ3n) is 10.4. The number of carboxylic acid groups (broad SMARTS) is 4. The highest BCUT2D eigenvalue weighted by molar-refractivity contribution is 5.98. The van der Waals surface area contributed by atoms with Gasteiger partial charge in [-0.2, -0.15) is 5.10 Å². The number of hydrogen-bond donors (Lipinski definition) is 9. The number of aromatic amines is 1. The molecule has 0 spiro atoms. The standard InChI is InChI=1S/C40H60N12O11/c53-33(8-14-48-15-17-49(26-35(55)56)19-21-51(28-37(59)60)22-20-50(18-16-48)27-36(57)58)41-9-3-1-2-5-34(54)47-31(39(62)63)25-45-38(61)29-6-7-32-30(23-29)24-46-52(32)13-4-10-42-40-43-11-12-44-40/h6-7,11-12,23-24,31H,1-5,8-10,13-22,25-28H2,(H,41,53)(H,45,61)(H,47,54)(H,55,56)(H,57,58)(H,59,60)(H,62,63)(H2,42,43,44)/t31-/m0/s1. The maximum atomic E-state index is 12.9. The summed E-state index contributed by atoms with van der Waals surface area (Å²) in [4.78, 5) is 98.8. The number of fused-ring (bicyclic) bond motifs is 1. The molecule has 0 aliphatic carbocycles. The van der Waals surface area contributed by atoms with Gasteiger partial charge in [0.15, 0.2) is 5.95 Å². The van der Waals surface area contributed by atoms with Crippen LogP contribution in [0.25, 0.3) is 10.9 Å². The first kappa shape index (κ1) is 49.5. The van der Waals surface area contributed by atoms with Gasteiger partial charge in [-0.15, -0.1) is 0 Å². The van der Waals surface area contributed by atoms with Crippen molar-refractivity contribution in [3.63, 3.8) is 0 Å². The van der Waals surface area contributed by atoms with E-state index in [0.29, 0.717) is 96.2 Å². The summed E-state index contributed by atoms with van der Waals surface area (Å²) in [5.74, 6) is -4.86. The molecule has 3 aromatic rings. The first-order valence-electron chi connectivity index (χ1n) is 21.1. The maximum Gasteiger partial charge on any atom is 0.328 e. The number of nitrogens with one attached hydrogen (secondary N) is 5. The average molecular weight is 885 g/mol. The molecule has 1 fully saturated rings. The molecule has 3 amide bonds. The molecule has 1 atom stereocenters. The summed E-state index contributed by atoms with van der Waals surface area (Å²) >= 11 is 0. The maximum absolute atomic E-state index is 12.9. The minimum absolute atomic E-state index is 0.0512. The van der Waals surface area contributed by atoms with Crippen LogP contribution in [0.15, 0.2) is 36.8 Å². The van der Waals surface area contributed by atoms with E-state index in [-0.39, 0.29) is 58.0 Å². The quantitative estimate of drug-likeness (QED) is 0.0466. The number of carbonyl (C=O) groups is 7. The molecular formula is C40H60N12O11. The van der Waals surface area contributed by atoms with E-state index in [4.69, 9.17) is 0 Å². The van der Waals surface area contributed by atoms with Crippen molar-refractivity contribution in [1.29, 1.82) is 0 Å². The van der Waals surface area contributed by atoms with Crippen molar-refractivity contribution in [3.8, 4) is 0 Å². The Labute approximate surface area is 364 Å². The van der Waals surface area contributed by atoms with Crippen molar-refractivity contribution >= 4 is 58.5 Å². The van der Waals surface area contributed by atoms with E-state index >= 15 is 0 Å².